The van der Waals surface area contributed by atoms with Gasteiger partial charge in [0.1, 0.15) is 5.67 Å². The van der Waals surface area contributed by atoms with Crippen LogP contribution in [0, 0.1) is 11.8 Å². The summed E-state index contributed by atoms with van der Waals surface area (Å²) in [6.45, 7) is 2.31. The van der Waals surface area contributed by atoms with Crippen molar-refractivity contribution in [1.82, 2.24) is 0 Å². The van der Waals surface area contributed by atoms with E-state index in [0.29, 0.717) is 18.8 Å². The molecule has 0 heterocycles. The summed E-state index contributed by atoms with van der Waals surface area (Å²) in [5.74, 6) is 1.51. The molecule has 1 nitrogen and oxygen atoms in total. The molecule has 2 aliphatic carbocycles. The van der Waals surface area contributed by atoms with Crippen LogP contribution in [0.15, 0.2) is 0 Å². The lowest BCUT2D eigenvalue weighted by Crippen LogP contribution is -2.49. The molecule has 0 amide bonds. The highest BCUT2D eigenvalue weighted by molar-refractivity contribution is 4.98. The summed E-state index contributed by atoms with van der Waals surface area (Å²) in [6, 6.07) is 0.141. The molecular weight excluding hydrogens is 177 g/mol. The van der Waals surface area contributed by atoms with E-state index < -0.39 is 5.67 Å². The van der Waals surface area contributed by atoms with Gasteiger partial charge in [-0.3, -0.25) is 0 Å². The first-order chi connectivity index (χ1) is 6.57. The van der Waals surface area contributed by atoms with Gasteiger partial charge in [0, 0.05) is 6.04 Å². The molecule has 2 fully saturated rings. The third kappa shape index (κ3) is 2.28. The van der Waals surface area contributed by atoms with Crippen molar-refractivity contribution < 1.29 is 4.39 Å². The van der Waals surface area contributed by atoms with Gasteiger partial charge >= 0.3 is 0 Å². The van der Waals surface area contributed by atoms with Crippen LogP contribution in [0.3, 0.4) is 0 Å². The summed E-state index contributed by atoms with van der Waals surface area (Å²) < 4.78 is 14.0. The third-order valence-corrected chi connectivity index (χ3v) is 4.05. The molecule has 0 aromatic carbocycles. The fourth-order valence-electron chi connectivity index (χ4n) is 3.10. The monoisotopic (exact) mass is 199 g/mol. The summed E-state index contributed by atoms with van der Waals surface area (Å²) >= 11 is 0. The van der Waals surface area contributed by atoms with Crippen molar-refractivity contribution in [2.75, 3.05) is 0 Å². The zero-order chi connectivity index (χ0) is 10.2. The van der Waals surface area contributed by atoms with Crippen LogP contribution in [0.25, 0.3) is 0 Å². The number of hydrogen-bond donors (Lipinski definition) is 1. The van der Waals surface area contributed by atoms with Gasteiger partial charge in [0.25, 0.3) is 0 Å². The second-order valence-corrected chi connectivity index (χ2v) is 5.65. The highest BCUT2D eigenvalue weighted by Gasteiger charge is 2.44. The minimum atomic E-state index is -0.884. The maximum Gasteiger partial charge on any atom is 0.114 e. The van der Waals surface area contributed by atoms with E-state index in [1.165, 1.54) is 25.7 Å². The molecule has 0 saturated heterocycles. The Kier molecular flexibility index (Phi) is 2.83. The van der Waals surface area contributed by atoms with Crippen LogP contribution >= 0.6 is 0 Å². The number of rotatable bonds is 2. The van der Waals surface area contributed by atoms with E-state index in [1.807, 2.05) is 0 Å². The minimum Gasteiger partial charge on any atom is -0.327 e. The average molecular weight is 199 g/mol. The van der Waals surface area contributed by atoms with Crippen molar-refractivity contribution >= 4 is 0 Å². The van der Waals surface area contributed by atoms with E-state index >= 15 is 0 Å². The molecule has 2 aliphatic rings. The lowest BCUT2D eigenvalue weighted by Gasteiger charge is -2.42. The number of hydrogen-bond acceptors (Lipinski definition) is 1. The first-order valence-electron chi connectivity index (χ1n) is 6.02. The summed E-state index contributed by atoms with van der Waals surface area (Å²) in [4.78, 5) is 0. The van der Waals surface area contributed by atoms with Crippen LogP contribution in [-0.2, 0) is 0 Å². The van der Waals surface area contributed by atoms with Gasteiger partial charge in [-0.1, -0.05) is 32.6 Å². The predicted molar refractivity (Wildman–Crippen MR) is 56.8 cm³/mol. The first-order valence-corrected chi connectivity index (χ1v) is 6.02. The zero-order valence-corrected chi connectivity index (χ0v) is 9.14. The molecule has 14 heavy (non-hydrogen) atoms. The predicted octanol–water partition coefficient (Wildman–Crippen LogP) is 3.03. The van der Waals surface area contributed by atoms with Crippen molar-refractivity contribution in [1.29, 1.82) is 0 Å². The fourth-order valence-corrected chi connectivity index (χ4v) is 3.10. The third-order valence-electron chi connectivity index (χ3n) is 4.05. The molecule has 0 bridgehead atoms. The first kappa shape index (κ1) is 10.4. The van der Waals surface area contributed by atoms with Crippen molar-refractivity contribution in [3.8, 4) is 0 Å². The Morgan fingerprint density at radius 2 is 1.79 bits per heavy atom. The number of nitrogens with two attached hydrogens (primary N) is 1. The van der Waals surface area contributed by atoms with Gasteiger partial charge in [0.15, 0.2) is 0 Å². The Morgan fingerprint density at radius 3 is 2.29 bits per heavy atom. The van der Waals surface area contributed by atoms with Crippen LogP contribution < -0.4 is 5.73 Å². The van der Waals surface area contributed by atoms with Crippen LogP contribution in [0.5, 0.6) is 0 Å². The molecular formula is C12H22FN. The van der Waals surface area contributed by atoms with Gasteiger partial charge in [-0.2, -0.15) is 0 Å². The summed E-state index contributed by atoms with van der Waals surface area (Å²) in [7, 11) is 0. The molecule has 2 rings (SSSR count). The zero-order valence-electron chi connectivity index (χ0n) is 9.14. The molecule has 0 aromatic heterocycles. The van der Waals surface area contributed by atoms with Crippen molar-refractivity contribution in [2.24, 2.45) is 17.6 Å². The van der Waals surface area contributed by atoms with E-state index in [1.54, 1.807) is 0 Å². The SMILES string of the molecule is CC1CCC(CC2(F)CC(N)C2)CC1. The number of alkyl halides is 1. The quantitative estimate of drug-likeness (QED) is 0.727. The lowest BCUT2D eigenvalue weighted by molar-refractivity contribution is 0.0109. The average Bonchev–Trinajstić information content (AvgIpc) is 2.07. The van der Waals surface area contributed by atoms with E-state index in [-0.39, 0.29) is 6.04 Å². The Bertz CT molecular complexity index is 190. The Morgan fingerprint density at radius 1 is 1.21 bits per heavy atom. The molecule has 0 radical (unpaired) electrons. The molecule has 0 aliphatic heterocycles. The second-order valence-electron chi connectivity index (χ2n) is 5.65. The lowest BCUT2D eigenvalue weighted by atomic mass is 9.69. The smallest absolute Gasteiger partial charge is 0.114 e. The molecule has 2 heteroatoms. The topological polar surface area (TPSA) is 26.0 Å². The van der Waals surface area contributed by atoms with Crippen molar-refractivity contribution in [3.63, 3.8) is 0 Å². The van der Waals surface area contributed by atoms with Crippen LogP contribution in [0.4, 0.5) is 4.39 Å². The van der Waals surface area contributed by atoms with E-state index in [9.17, 15) is 4.39 Å². The molecule has 2 saturated carbocycles. The highest BCUT2D eigenvalue weighted by atomic mass is 19.1. The Labute approximate surface area is 86.2 Å². The Hall–Kier alpha value is -0.110. The van der Waals surface area contributed by atoms with Gasteiger partial charge in [-0.25, -0.2) is 4.39 Å². The van der Waals surface area contributed by atoms with Gasteiger partial charge < -0.3 is 5.73 Å². The van der Waals surface area contributed by atoms with Gasteiger partial charge in [0.05, 0.1) is 0 Å². The molecule has 2 N–H and O–H groups in total. The highest BCUT2D eigenvalue weighted by Crippen LogP contribution is 2.43. The van der Waals surface area contributed by atoms with Crippen LogP contribution in [0.1, 0.15) is 51.9 Å². The standard InChI is InChI=1S/C12H22FN/c1-9-2-4-10(5-3-9)6-12(13)7-11(14)8-12/h9-11H,2-8,14H2,1H3. The normalized spacial score (nSPS) is 48.6. The maximum atomic E-state index is 14.0. The van der Waals surface area contributed by atoms with E-state index in [0.717, 1.165) is 12.3 Å². The summed E-state index contributed by atoms with van der Waals surface area (Å²) in [5.41, 5.74) is 4.76. The van der Waals surface area contributed by atoms with Gasteiger partial charge in [-0.15, -0.1) is 0 Å². The van der Waals surface area contributed by atoms with Crippen molar-refractivity contribution in [2.45, 2.75) is 63.6 Å². The largest absolute Gasteiger partial charge is 0.327 e. The summed E-state index contributed by atoms with van der Waals surface area (Å²) in [6.07, 6.45) is 7.08. The molecule has 0 unspecified atom stereocenters. The van der Waals surface area contributed by atoms with Gasteiger partial charge in [-0.05, 0) is 31.1 Å². The fraction of sp³-hybridized carbons (Fsp3) is 1.00. The molecule has 0 spiro atoms. The molecule has 0 atom stereocenters. The van der Waals surface area contributed by atoms with E-state index in [2.05, 4.69) is 6.92 Å². The van der Waals surface area contributed by atoms with Crippen LogP contribution in [-0.4, -0.2) is 11.7 Å². The van der Waals surface area contributed by atoms with E-state index in [4.69, 9.17) is 5.73 Å². The number of halogens is 1. The van der Waals surface area contributed by atoms with Gasteiger partial charge in [0.2, 0.25) is 0 Å². The van der Waals surface area contributed by atoms with Crippen LogP contribution in [0.2, 0.25) is 0 Å². The maximum absolute atomic E-state index is 14.0. The van der Waals surface area contributed by atoms with Crippen molar-refractivity contribution in [3.05, 3.63) is 0 Å². The molecule has 82 valence electrons. The minimum absolute atomic E-state index is 0.141. The second kappa shape index (κ2) is 3.80. The molecule has 0 aromatic rings. The Balaban J connectivity index is 1.75. The summed E-state index contributed by atoms with van der Waals surface area (Å²) in [5, 5.41) is 0.